The molecule has 1 fully saturated rings. The van der Waals surface area contributed by atoms with Crippen molar-refractivity contribution in [3.63, 3.8) is 0 Å². The zero-order chi connectivity index (χ0) is 25.3. The number of piperazine rings is 1. The van der Waals surface area contributed by atoms with Crippen molar-refractivity contribution in [3.05, 3.63) is 57.8 Å². The van der Waals surface area contributed by atoms with Crippen molar-refractivity contribution in [1.29, 1.82) is 10.5 Å². The lowest BCUT2D eigenvalue weighted by Crippen LogP contribution is -2.58. The molecule has 4 rings (SSSR count). The van der Waals surface area contributed by atoms with E-state index >= 15 is 0 Å². The number of nitriles is 2. The highest BCUT2D eigenvalue weighted by atomic mass is 19.1. The molecule has 1 saturated heterocycles. The first kappa shape index (κ1) is 24.4. The Hall–Kier alpha value is -3.69. The topological polar surface area (TPSA) is 93.9 Å². The molecule has 0 saturated carbocycles. The summed E-state index contributed by atoms with van der Waals surface area (Å²) in [5, 5.41) is 23.4. The lowest BCUT2D eigenvalue weighted by Gasteiger charge is -2.49. The number of anilines is 1. The van der Waals surface area contributed by atoms with Gasteiger partial charge in [0.15, 0.2) is 0 Å². The molecule has 0 unspecified atom stereocenters. The van der Waals surface area contributed by atoms with E-state index in [0.717, 1.165) is 30.6 Å². The third-order valence-electron chi connectivity index (χ3n) is 7.24. The first-order valence-corrected chi connectivity index (χ1v) is 12.0. The third-order valence-corrected chi connectivity index (χ3v) is 7.24. The van der Waals surface area contributed by atoms with E-state index in [4.69, 9.17) is 5.26 Å². The lowest BCUT2D eigenvalue weighted by atomic mass is 9.94. The van der Waals surface area contributed by atoms with Crippen molar-refractivity contribution < 1.29 is 4.39 Å². The maximum Gasteiger partial charge on any atom is 0.252 e. The molecule has 1 aliphatic heterocycles. The minimum atomic E-state index is -0.411. The summed E-state index contributed by atoms with van der Waals surface area (Å²) in [5.74, 6) is -0.411. The predicted molar refractivity (Wildman–Crippen MR) is 132 cm³/mol. The maximum absolute atomic E-state index is 13.8. The molecule has 0 amide bonds. The Balaban J connectivity index is 1.74. The summed E-state index contributed by atoms with van der Waals surface area (Å²) in [4.78, 5) is 17.5. The van der Waals surface area contributed by atoms with Gasteiger partial charge < -0.3 is 9.47 Å². The molecule has 3 atom stereocenters. The maximum atomic E-state index is 13.8. The fraction of sp³-hybridized carbons (Fsp3) is 0.462. The Morgan fingerprint density at radius 2 is 1.91 bits per heavy atom. The van der Waals surface area contributed by atoms with Crippen molar-refractivity contribution in [1.82, 2.24) is 19.2 Å². The molecule has 2 aromatic heterocycles. The van der Waals surface area contributed by atoms with Gasteiger partial charge in [-0.25, -0.2) is 4.39 Å². The van der Waals surface area contributed by atoms with E-state index < -0.39 is 5.82 Å². The van der Waals surface area contributed by atoms with E-state index in [2.05, 4.69) is 47.8 Å². The van der Waals surface area contributed by atoms with Crippen LogP contribution in [0.4, 0.5) is 10.1 Å². The summed E-state index contributed by atoms with van der Waals surface area (Å²) in [6, 6.07) is 10.5. The van der Waals surface area contributed by atoms with Gasteiger partial charge in [-0.15, -0.1) is 0 Å². The molecule has 0 aliphatic carbocycles. The van der Waals surface area contributed by atoms with E-state index in [1.165, 1.54) is 12.1 Å². The van der Waals surface area contributed by atoms with Gasteiger partial charge in [-0.05, 0) is 37.5 Å². The third kappa shape index (κ3) is 4.40. The van der Waals surface area contributed by atoms with Gasteiger partial charge in [0.1, 0.15) is 17.9 Å². The van der Waals surface area contributed by atoms with Crippen LogP contribution in [0.25, 0.3) is 11.0 Å². The highest BCUT2D eigenvalue weighted by Gasteiger charge is 2.37. The zero-order valence-corrected chi connectivity index (χ0v) is 20.6. The smallest absolute Gasteiger partial charge is 0.252 e. The van der Waals surface area contributed by atoms with E-state index in [1.54, 1.807) is 34.6 Å². The summed E-state index contributed by atoms with van der Waals surface area (Å²) in [5.41, 5.74) is 3.26. The second-order valence-corrected chi connectivity index (χ2v) is 9.14. The number of pyridine rings is 1. The SMILES string of the molecule is CC[C@H]1CN([C@H](C)c2ccc(F)cc2C#N)[C@H](CC)CN1c1cc(=O)n(C)c2cn(CC#N)nc12. The number of fused-ring (bicyclic) bond motifs is 1. The van der Waals surface area contributed by atoms with Gasteiger partial charge in [-0.3, -0.25) is 14.4 Å². The molecule has 0 N–H and O–H groups in total. The lowest BCUT2D eigenvalue weighted by molar-refractivity contribution is 0.101. The van der Waals surface area contributed by atoms with Gasteiger partial charge in [-0.1, -0.05) is 19.9 Å². The molecule has 0 radical (unpaired) electrons. The molecule has 8 nitrogen and oxygen atoms in total. The number of benzene rings is 1. The Morgan fingerprint density at radius 1 is 1.17 bits per heavy atom. The van der Waals surface area contributed by atoms with Crippen LogP contribution in [-0.2, 0) is 13.6 Å². The largest absolute Gasteiger partial charge is 0.364 e. The molecule has 1 aromatic carbocycles. The number of hydrogen-bond donors (Lipinski definition) is 0. The van der Waals surface area contributed by atoms with Crippen molar-refractivity contribution >= 4 is 16.7 Å². The van der Waals surface area contributed by atoms with Crippen LogP contribution in [0, 0.1) is 28.5 Å². The number of aryl methyl sites for hydroxylation is 1. The molecule has 0 spiro atoms. The van der Waals surface area contributed by atoms with Crippen LogP contribution in [-0.4, -0.2) is 44.4 Å². The van der Waals surface area contributed by atoms with Crippen LogP contribution in [0.1, 0.15) is 50.8 Å². The van der Waals surface area contributed by atoms with Crippen LogP contribution in [0.3, 0.4) is 0 Å². The standard InChI is InChI=1S/C26H30FN7O/c1-5-20-15-34(23-12-25(35)31(4)24-16-32(10-9-28)30-26(23)24)21(6-2)14-33(20)17(3)22-8-7-19(27)11-18(22)13-29/h7-8,11-12,16-17,20-21H,5-6,10,14-15H2,1-4H3/t17-,20-,21+/m1/s1. The molecule has 1 aliphatic rings. The predicted octanol–water partition coefficient (Wildman–Crippen LogP) is 3.71. The summed E-state index contributed by atoms with van der Waals surface area (Å²) in [6.07, 6.45) is 3.47. The number of aromatic nitrogens is 3. The number of hydrogen-bond acceptors (Lipinski definition) is 6. The average Bonchev–Trinajstić information content (AvgIpc) is 3.29. The Kier molecular flexibility index (Phi) is 6.90. The van der Waals surface area contributed by atoms with Crippen LogP contribution < -0.4 is 10.5 Å². The number of halogens is 1. The van der Waals surface area contributed by atoms with Gasteiger partial charge in [0.05, 0.1) is 35.1 Å². The Morgan fingerprint density at radius 3 is 2.57 bits per heavy atom. The fourth-order valence-corrected chi connectivity index (χ4v) is 5.23. The van der Waals surface area contributed by atoms with E-state index in [1.807, 2.05) is 0 Å². The highest BCUT2D eigenvalue weighted by Crippen LogP contribution is 2.35. The molecular formula is C26H30FN7O. The van der Waals surface area contributed by atoms with Crippen LogP contribution in [0.2, 0.25) is 0 Å². The quantitative estimate of drug-likeness (QED) is 0.540. The Bertz CT molecular complexity index is 1380. The first-order chi connectivity index (χ1) is 16.8. The van der Waals surface area contributed by atoms with Gasteiger partial charge in [0.2, 0.25) is 0 Å². The van der Waals surface area contributed by atoms with E-state index in [9.17, 15) is 14.4 Å². The van der Waals surface area contributed by atoms with Crippen LogP contribution in [0.5, 0.6) is 0 Å². The molecule has 0 bridgehead atoms. The molecule has 3 aromatic rings. The van der Waals surface area contributed by atoms with Crippen LogP contribution >= 0.6 is 0 Å². The second-order valence-electron chi connectivity index (χ2n) is 9.14. The van der Waals surface area contributed by atoms with Crippen molar-refractivity contribution in [2.45, 2.75) is 58.3 Å². The summed E-state index contributed by atoms with van der Waals surface area (Å²) >= 11 is 0. The highest BCUT2D eigenvalue weighted by molar-refractivity contribution is 5.88. The molecule has 9 heteroatoms. The second kappa shape index (κ2) is 9.89. The normalized spacial score (nSPS) is 19.5. The van der Waals surface area contributed by atoms with Gasteiger partial charge in [0.25, 0.3) is 5.56 Å². The molecule has 182 valence electrons. The number of rotatable bonds is 6. The van der Waals surface area contributed by atoms with Crippen LogP contribution in [0.15, 0.2) is 35.3 Å². The summed E-state index contributed by atoms with van der Waals surface area (Å²) in [7, 11) is 1.72. The summed E-state index contributed by atoms with van der Waals surface area (Å²) < 4.78 is 16.9. The van der Waals surface area contributed by atoms with Crippen molar-refractivity contribution in [3.8, 4) is 12.1 Å². The number of nitrogens with zero attached hydrogens (tertiary/aromatic N) is 7. The van der Waals surface area contributed by atoms with Gasteiger partial charge in [-0.2, -0.15) is 15.6 Å². The van der Waals surface area contributed by atoms with E-state index in [-0.39, 0.29) is 30.2 Å². The Labute approximate surface area is 204 Å². The van der Waals surface area contributed by atoms with Crippen molar-refractivity contribution in [2.24, 2.45) is 7.05 Å². The molecule has 3 heterocycles. The van der Waals surface area contributed by atoms with Crippen molar-refractivity contribution in [2.75, 3.05) is 18.0 Å². The van der Waals surface area contributed by atoms with Gasteiger partial charge >= 0.3 is 0 Å². The van der Waals surface area contributed by atoms with E-state index in [0.29, 0.717) is 23.1 Å². The minimum absolute atomic E-state index is 0.0649. The zero-order valence-electron chi connectivity index (χ0n) is 20.6. The first-order valence-electron chi connectivity index (χ1n) is 12.0. The monoisotopic (exact) mass is 475 g/mol. The molecule has 35 heavy (non-hydrogen) atoms. The van der Waals surface area contributed by atoms with Gasteiger partial charge in [0, 0.05) is 44.3 Å². The average molecular weight is 476 g/mol. The fourth-order valence-electron chi connectivity index (χ4n) is 5.23. The summed E-state index contributed by atoms with van der Waals surface area (Å²) in [6.45, 7) is 7.86. The molecular weight excluding hydrogens is 445 g/mol. The minimum Gasteiger partial charge on any atom is -0.364 e.